The highest BCUT2D eigenvalue weighted by molar-refractivity contribution is 8.16. The van der Waals surface area contributed by atoms with Crippen molar-refractivity contribution in [2.24, 2.45) is 0 Å². The first-order chi connectivity index (χ1) is 13.2. The molecule has 1 amide bonds. The number of benzene rings is 1. The van der Waals surface area contributed by atoms with Crippen LogP contribution < -0.4 is 10.1 Å². The summed E-state index contributed by atoms with van der Waals surface area (Å²) in [7, 11) is 0. The van der Waals surface area contributed by atoms with Gasteiger partial charge in [0.1, 0.15) is 5.75 Å². The maximum Gasteiger partial charge on any atom is 0.257 e. The van der Waals surface area contributed by atoms with Crippen molar-refractivity contribution in [1.82, 2.24) is 10.2 Å². The van der Waals surface area contributed by atoms with Crippen LogP contribution in [0.15, 0.2) is 24.3 Å². The highest BCUT2D eigenvalue weighted by Gasteiger charge is 2.18. The summed E-state index contributed by atoms with van der Waals surface area (Å²) in [5.41, 5.74) is 1.34. The molecule has 1 aromatic rings. The van der Waals surface area contributed by atoms with Gasteiger partial charge in [0.15, 0.2) is 6.61 Å². The van der Waals surface area contributed by atoms with E-state index in [1.165, 1.54) is 49.3 Å². The van der Waals surface area contributed by atoms with Gasteiger partial charge in [-0.3, -0.25) is 4.79 Å². The molecule has 0 aromatic heterocycles. The van der Waals surface area contributed by atoms with Crippen molar-refractivity contribution >= 4 is 29.4 Å². The second kappa shape index (κ2) is 11.2. The molecule has 0 radical (unpaired) electrons. The molecule has 2 aliphatic rings. The fourth-order valence-corrected chi connectivity index (χ4v) is 6.50. The zero-order valence-corrected chi connectivity index (χ0v) is 18.0. The van der Waals surface area contributed by atoms with Crippen molar-refractivity contribution in [2.45, 2.75) is 49.7 Å². The minimum absolute atomic E-state index is 0.0378. The molecule has 2 saturated heterocycles. The number of amides is 1. The lowest BCUT2D eigenvalue weighted by molar-refractivity contribution is -0.123. The van der Waals surface area contributed by atoms with Crippen molar-refractivity contribution in [2.75, 3.05) is 37.7 Å². The van der Waals surface area contributed by atoms with Crippen LogP contribution in [0.4, 0.5) is 0 Å². The third kappa shape index (κ3) is 6.91. The Hall–Kier alpha value is -0.850. The van der Waals surface area contributed by atoms with E-state index < -0.39 is 0 Å². The Labute approximate surface area is 172 Å². The molecule has 2 aliphatic heterocycles. The average molecular weight is 409 g/mol. The molecule has 0 bridgehead atoms. The number of ether oxygens (including phenoxy) is 1. The van der Waals surface area contributed by atoms with E-state index in [1.54, 1.807) is 0 Å². The number of hydrogen-bond donors (Lipinski definition) is 1. The second-order valence-corrected chi connectivity index (χ2v) is 10.1. The van der Waals surface area contributed by atoms with Crippen LogP contribution in [0, 0.1) is 0 Å². The molecule has 0 spiro atoms. The van der Waals surface area contributed by atoms with Crippen LogP contribution in [0.1, 0.15) is 49.2 Å². The van der Waals surface area contributed by atoms with Crippen LogP contribution in [0.3, 0.4) is 0 Å². The minimum Gasteiger partial charge on any atom is -0.484 e. The molecule has 2 heterocycles. The van der Waals surface area contributed by atoms with Crippen LogP contribution in [-0.2, 0) is 4.79 Å². The quantitative estimate of drug-likeness (QED) is 0.649. The average Bonchev–Trinajstić information content (AvgIpc) is 2.72. The van der Waals surface area contributed by atoms with Gasteiger partial charge in [-0.15, -0.1) is 23.5 Å². The zero-order valence-electron chi connectivity index (χ0n) is 16.3. The van der Waals surface area contributed by atoms with Gasteiger partial charge >= 0.3 is 0 Å². The van der Waals surface area contributed by atoms with E-state index in [0.29, 0.717) is 10.6 Å². The summed E-state index contributed by atoms with van der Waals surface area (Å²) in [5.74, 6) is 3.21. The fourth-order valence-electron chi connectivity index (χ4n) is 3.60. The Morgan fingerprint density at radius 3 is 2.70 bits per heavy atom. The number of hydrogen-bond acceptors (Lipinski definition) is 5. The number of thioether (sulfide) groups is 2. The van der Waals surface area contributed by atoms with Crippen molar-refractivity contribution in [3.8, 4) is 5.75 Å². The smallest absolute Gasteiger partial charge is 0.257 e. The van der Waals surface area contributed by atoms with Crippen LogP contribution >= 0.6 is 23.5 Å². The number of rotatable bonds is 8. The predicted molar refractivity (Wildman–Crippen MR) is 117 cm³/mol. The molecule has 1 unspecified atom stereocenters. The third-order valence-corrected chi connectivity index (χ3v) is 8.25. The zero-order chi connectivity index (χ0) is 18.9. The summed E-state index contributed by atoms with van der Waals surface area (Å²) in [6.45, 7) is 5.39. The lowest BCUT2D eigenvalue weighted by Crippen LogP contribution is -2.39. The van der Waals surface area contributed by atoms with E-state index in [1.807, 2.05) is 35.7 Å². The van der Waals surface area contributed by atoms with Gasteiger partial charge in [0.05, 0.1) is 4.58 Å². The first-order valence-corrected chi connectivity index (χ1v) is 12.3. The Morgan fingerprint density at radius 2 is 1.96 bits per heavy atom. The lowest BCUT2D eigenvalue weighted by atomic mass is 10.0. The van der Waals surface area contributed by atoms with Crippen LogP contribution in [-0.4, -0.2) is 54.6 Å². The van der Waals surface area contributed by atoms with Gasteiger partial charge in [-0.05, 0) is 68.4 Å². The molecule has 1 atom stereocenters. The van der Waals surface area contributed by atoms with E-state index in [9.17, 15) is 4.79 Å². The molecule has 2 fully saturated rings. The normalized spacial score (nSPS) is 21.7. The standard InChI is InChI=1S/C21H32N2O2S2/c1-17-6-2-3-12-23(17)13-4-11-22-20(24)16-25-19-9-7-18(8-10-19)21-26-14-5-15-27-21/h7-10,17,21H,2-6,11-16H2,1H3,(H,22,24). The van der Waals surface area contributed by atoms with E-state index in [2.05, 4.69) is 29.3 Å². The number of nitrogens with zero attached hydrogens (tertiary/aromatic N) is 1. The molecular weight excluding hydrogens is 376 g/mol. The van der Waals surface area contributed by atoms with Gasteiger partial charge in [-0.25, -0.2) is 0 Å². The molecule has 150 valence electrons. The summed E-state index contributed by atoms with van der Waals surface area (Å²) in [5, 5.41) is 2.97. The summed E-state index contributed by atoms with van der Waals surface area (Å²) in [4.78, 5) is 14.5. The van der Waals surface area contributed by atoms with Crippen LogP contribution in [0.2, 0.25) is 0 Å². The summed E-state index contributed by atoms with van der Waals surface area (Å²) in [6, 6.07) is 8.91. The van der Waals surface area contributed by atoms with Crippen molar-refractivity contribution in [3.63, 3.8) is 0 Å². The Balaban J connectivity index is 1.30. The number of carbonyl (C=O) groups excluding carboxylic acids is 1. The summed E-state index contributed by atoms with van der Waals surface area (Å²) in [6.07, 6.45) is 6.27. The molecule has 4 nitrogen and oxygen atoms in total. The van der Waals surface area contributed by atoms with Gasteiger partial charge < -0.3 is 15.0 Å². The predicted octanol–water partition coefficient (Wildman–Crippen LogP) is 4.31. The topological polar surface area (TPSA) is 41.6 Å². The summed E-state index contributed by atoms with van der Waals surface area (Å²) < 4.78 is 6.18. The Bertz CT molecular complexity index is 576. The molecule has 0 aliphatic carbocycles. The van der Waals surface area contributed by atoms with Gasteiger partial charge in [0, 0.05) is 19.1 Å². The maximum absolute atomic E-state index is 12.0. The third-order valence-electron chi connectivity index (χ3n) is 5.23. The van der Waals surface area contributed by atoms with Crippen LogP contribution in [0.5, 0.6) is 5.75 Å². The molecule has 27 heavy (non-hydrogen) atoms. The molecule has 1 N–H and O–H groups in total. The minimum atomic E-state index is -0.0378. The highest BCUT2D eigenvalue weighted by atomic mass is 32.2. The SMILES string of the molecule is CC1CCCCN1CCCNC(=O)COc1ccc(C2SCCCS2)cc1. The van der Waals surface area contributed by atoms with Crippen molar-refractivity contribution in [1.29, 1.82) is 0 Å². The van der Waals surface area contributed by atoms with E-state index >= 15 is 0 Å². The lowest BCUT2D eigenvalue weighted by Gasteiger charge is -2.33. The van der Waals surface area contributed by atoms with Crippen LogP contribution in [0.25, 0.3) is 0 Å². The van der Waals surface area contributed by atoms with Gasteiger partial charge in [-0.2, -0.15) is 0 Å². The van der Waals surface area contributed by atoms with Gasteiger partial charge in [0.2, 0.25) is 0 Å². The fraction of sp³-hybridized carbons (Fsp3) is 0.667. The van der Waals surface area contributed by atoms with Crippen molar-refractivity contribution < 1.29 is 9.53 Å². The van der Waals surface area contributed by atoms with E-state index in [4.69, 9.17) is 4.74 Å². The molecule has 3 rings (SSSR count). The number of carbonyl (C=O) groups is 1. The van der Waals surface area contributed by atoms with E-state index in [-0.39, 0.29) is 12.5 Å². The molecule has 1 aromatic carbocycles. The molecular formula is C21H32N2O2S2. The Kier molecular flexibility index (Phi) is 8.68. The van der Waals surface area contributed by atoms with Gasteiger partial charge in [0.25, 0.3) is 5.91 Å². The first kappa shape index (κ1) is 20.9. The van der Waals surface area contributed by atoms with E-state index in [0.717, 1.165) is 25.3 Å². The van der Waals surface area contributed by atoms with Gasteiger partial charge in [-0.1, -0.05) is 18.6 Å². The number of nitrogens with one attached hydrogen (secondary N) is 1. The number of piperidine rings is 1. The maximum atomic E-state index is 12.0. The number of likely N-dealkylation sites (tertiary alicyclic amines) is 1. The molecule has 6 heteroatoms. The Morgan fingerprint density at radius 1 is 1.19 bits per heavy atom. The largest absolute Gasteiger partial charge is 0.484 e. The second-order valence-electron chi connectivity index (χ2n) is 7.37. The van der Waals surface area contributed by atoms with Crippen molar-refractivity contribution in [3.05, 3.63) is 29.8 Å². The summed E-state index contributed by atoms with van der Waals surface area (Å²) >= 11 is 4.03. The highest BCUT2D eigenvalue weighted by Crippen LogP contribution is 2.43. The monoisotopic (exact) mass is 408 g/mol. The first-order valence-electron chi connectivity index (χ1n) is 10.2. The molecule has 0 saturated carbocycles.